The number of hydrogen-bond donors (Lipinski definition) is 0. The van der Waals surface area contributed by atoms with Crippen LogP contribution in [0.2, 0.25) is 0 Å². The molecule has 0 saturated carbocycles. The van der Waals surface area contributed by atoms with Crippen molar-refractivity contribution in [1.29, 1.82) is 5.39 Å². The largest absolute Gasteiger partial charge is 0.463 e. The fourth-order valence-corrected chi connectivity index (χ4v) is 1.53. The summed E-state index contributed by atoms with van der Waals surface area (Å²) < 4.78 is 4.56. The smallest absolute Gasteiger partial charge is 0.433 e. The van der Waals surface area contributed by atoms with Crippen molar-refractivity contribution < 1.29 is 9.53 Å². The molecule has 0 N–H and O–H groups in total. The Bertz CT molecular complexity index is 438. The molecular formula is C13H17N2O2+. The third-order valence-corrected chi connectivity index (χ3v) is 2.63. The zero-order valence-electron chi connectivity index (χ0n) is 10.6. The summed E-state index contributed by atoms with van der Waals surface area (Å²) >= 11 is 0. The highest BCUT2D eigenvalue weighted by Gasteiger charge is 2.33. The molecule has 0 saturated heterocycles. The molecule has 1 unspecified atom stereocenters. The maximum Gasteiger partial charge on any atom is 0.433 e. The van der Waals surface area contributed by atoms with E-state index in [1.165, 1.54) is 7.11 Å². The van der Waals surface area contributed by atoms with Crippen molar-refractivity contribution in [2.24, 2.45) is 0 Å². The van der Waals surface area contributed by atoms with Crippen LogP contribution in [0.25, 0.3) is 4.98 Å². The molecule has 1 aromatic carbocycles. The van der Waals surface area contributed by atoms with Crippen molar-refractivity contribution in [3.05, 3.63) is 40.4 Å². The molecular weight excluding hydrogens is 216 g/mol. The summed E-state index contributed by atoms with van der Waals surface area (Å²) in [6, 6.07) is 6.45. The Morgan fingerprint density at radius 1 is 1.29 bits per heavy atom. The van der Waals surface area contributed by atoms with E-state index in [0.717, 1.165) is 5.56 Å². The van der Waals surface area contributed by atoms with Crippen LogP contribution in [-0.2, 0) is 14.9 Å². The van der Waals surface area contributed by atoms with E-state index >= 15 is 0 Å². The number of rotatable bonds is 2. The van der Waals surface area contributed by atoms with Gasteiger partial charge in [0.25, 0.3) is 0 Å². The normalized spacial score (nSPS) is 12.6. The monoisotopic (exact) mass is 233 g/mol. The second-order valence-corrected chi connectivity index (χ2v) is 4.91. The number of diazo groups is 1. The first-order valence-electron chi connectivity index (χ1n) is 5.42. The summed E-state index contributed by atoms with van der Waals surface area (Å²) in [5.74, 6) is -0.573. The molecule has 4 heteroatoms. The fourth-order valence-electron chi connectivity index (χ4n) is 1.53. The van der Waals surface area contributed by atoms with Crippen molar-refractivity contribution in [3.63, 3.8) is 0 Å². The van der Waals surface area contributed by atoms with E-state index in [-0.39, 0.29) is 5.41 Å². The number of benzene rings is 1. The third kappa shape index (κ3) is 3.04. The van der Waals surface area contributed by atoms with Gasteiger partial charge >= 0.3 is 12.0 Å². The predicted octanol–water partition coefficient (Wildman–Crippen LogP) is 3.05. The second kappa shape index (κ2) is 4.96. The first-order chi connectivity index (χ1) is 7.90. The van der Waals surface area contributed by atoms with Crippen LogP contribution in [0.5, 0.6) is 0 Å². The summed E-state index contributed by atoms with van der Waals surface area (Å²) in [6.45, 7) is 6.32. The molecule has 0 spiro atoms. The highest BCUT2D eigenvalue weighted by atomic mass is 16.5. The molecule has 4 nitrogen and oxygen atoms in total. The van der Waals surface area contributed by atoms with Crippen LogP contribution in [0.15, 0.2) is 24.3 Å². The third-order valence-electron chi connectivity index (χ3n) is 2.63. The Morgan fingerprint density at radius 2 is 1.82 bits per heavy atom. The van der Waals surface area contributed by atoms with Crippen LogP contribution >= 0.6 is 0 Å². The molecule has 1 atom stereocenters. The first-order valence-corrected chi connectivity index (χ1v) is 5.42. The Hall–Kier alpha value is -1.89. The average molecular weight is 233 g/mol. The van der Waals surface area contributed by atoms with E-state index in [1.807, 2.05) is 12.1 Å². The van der Waals surface area contributed by atoms with Crippen molar-refractivity contribution in [3.8, 4) is 0 Å². The molecule has 0 aliphatic heterocycles. The average Bonchev–Trinajstić information content (AvgIpc) is 2.29. The number of carbonyl (C=O) groups is 1. The number of methoxy groups -OCH3 is 1. The van der Waals surface area contributed by atoms with Crippen LogP contribution in [-0.4, -0.2) is 13.1 Å². The van der Waals surface area contributed by atoms with Crippen LogP contribution in [0.1, 0.15) is 37.9 Å². The second-order valence-electron chi connectivity index (χ2n) is 4.91. The summed E-state index contributed by atoms with van der Waals surface area (Å²) in [5.41, 5.74) is 1.82. The van der Waals surface area contributed by atoms with Crippen molar-refractivity contribution in [2.45, 2.75) is 32.2 Å². The van der Waals surface area contributed by atoms with Crippen LogP contribution < -0.4 is 0 Å². The molecule has 1 rings (SSSR count). The topological polar surface area (TPSA) is 54.5 Å². The maximum atomic E-state index is 11.3. The summed E-state index contributed by atoms with van der Waals surface area (Å²) in [7, 11) is 1.27. The van der Waals surface area contributed by atoms with Gasteiger partial charge in [-0.25, -0.2) is 4.79 Å². The Morgan fingerprint density at radius 3 is 2.18 bits per heavy atom. The van der Waals surface area contributed by atoms with Gasteiger partial charge in [0.1, 0.15) is 4.98 Å². The van der Waals surface area contributed by atoms with E-state index in [0.29, 0.717) is 5.56 Å². The standard InChI is InChI=1S/C13H17N2O2/c1-13(2,3)10-7-5-9(6-8-10)11(15-14)12(16)17-4/h5-8,11H,1-4H3/q+1. The van der Waals surface area contributed by atoms with Gasteiger partial charge in [0.2, 0.25) is 5.39 Å². The SMILES string of the molecule is COC(=O)C([N+]#N)c1ccc(C(C)(C)C)cc1. The molecule has 90 valence electrons. The first kappa shape index (κ1) is 13.2. The van der Waals surface area contributed by atoms with E-state index in [4.69, 9.17) is 5.39 Å². The molecule has 0 fully saturated rings. The molecule has 17 heavy (non-hydrogen) atoms. The van der Waals surface area contributed by atoms with Gasteiger partial charge in [0.05, 0.1) is 12.7 Å². The molecule has 0 amide bonds. The lowest BCUT2D eigenvalue weighted by Crippen LogP contribution is -2.13. The lowest BCUT2D eigenvalue weighted by atomic mass is 9.86. The van der Waals surface area contributed by atoms with Crippen molar-refractivity contribution in [1.82, 2.24) is 0 Å². The molecule has 0 bridgehead atoms. The van der Waals surface area contributed by atoms with Gasteiger partial charge in [-0.2, -0.15) is 0 Å². The van der Waals surface area contributed by atoms with Gasteiger partial charge in [-0.05, 0) is 11.0 Å². The molecule has 0 radical (unpaired) electrons. The number of hydrogen-bond acceptors (Lipinski definition) is 3. The minimum Gasteiger partial charge on any atom is -0.463 e. The quantitative estimate of drug-likeness (QED) is 0.582. The Kier molecular flexibility index (Phi) is 3.84. The van der Waals surface area contributed by atoms with Gasteiger partial charge in [0, 0.05) is 0 Å². The number of nitrogens with zero attached hydrogens (tertiary/aromatic N) is 2. The van der Waals surface area contributed by atoms with Gasteiger partial charge in [-0.15, -0.1) is 0 Å². The van der Waals surface area contributed by atoms with Crippen LogP contribution in [0.3, 0.4) is 0 Å². The van der Waals surface area contributed by atoms with E-state index < -0.39 is 12.0 Å². The van der Waals surface area contributed by atoms with Gasteiger partial charge in [-0.1, -0.05) is 45.0 Å². The maximum absolute atomic E-state index is 11.3. The van der Waals surface area contributed by atoms with Crippen molar-refractivity contribution in [2.75, 3.05) is 7.11 Å². The lowest BCUT2D eigenvalue weighted by molar-refractivity contribution is -0.141. The van der Waals surface area contributed by atoms with Crippen LogP contribution in [0.4, 0.5) is 0 Å². The molecule has 0 aromatic heterocycles. The molecule has 0 aliphatic rings. The molecule has 1 aromatic rings. The minimum absolute atomic E-state index is 0.0512. The minimum atomic E-state index is -0.964. The lowest BCUT2D eigenvalue weighted by Gasteiger charge is -2.18. The number of ether oxygens (including phenoxy) is 1. The zero-order valence-corrected chi connectivity index (χ0v) is 10.6. The summed E-state index contributed by atoms with van der Waals surface area (Å²) in [5, 5.41) is 8.83. The van der Waals surface area contributed by atoms with E-state index in [2.05, 4.69) is 30.5 Å². The highest BCUT2D eigenvalue weighted by Crippen LogP contribution is 2.25. The molecule has 0 heterocycles. The van der Waals surface area contributed by atoms with Gasteiger partial charge in [-0.3, -0.25) is 0 Å². The van der Waals surface area contributed by atoms with E-state index in [1.54, 1.807) is 12.1 Å². The van der Waals surface area contributed by atoms with Gasteiger partial charge in [0.15, 0.2) is 0 Å². The number of esters is 1. The fraction of sp³-hybridized carbons (Fsp3) is 0.462. The summed E-state index contributed by atoms with van der Waals surface area (Å²) in [6.07, 6.45) is 0. The van der Waals surface area contributed by atoms with E-state index in [9.17, 15) is 4.79 Å². The summed E-state index contributed by atoms with van der Waals surface area (Å²) in [4.78, 5) is 14.4. The van der Waals surface area contributed by atoms with Crippen molar-refractivity contribution >= 4 is 5.97 Å². The Balaban J connectivity index is 3.02. The zero-order chi connectivity index (χ0) is 13.1. The van der Waals surface area contributed by atoms with Crippen LogP contribution in [0, 0.1) is 5.39 Å². The highest BCUT2D eigenvalue weighted by molar-refractivity contribution is 5.79. The molecule has 0 aliphatic carbocycles. The Labute approximate surface area is 101 Å². The predicted molar refractivity (Wildman–Crippen MR) is 65.0 cm³/mol. The number of carbonyl (C=O) groups excluding carboxylic acids is 1. The van der Waals surface area contributed by atoms with Gasteiger partial charge < -0.3 is 4.74 Å².